The van der Waals surface area contributed by atoms with Gasteiger partial charge in [-0.25, -0.2) is 0 Å². The van der Waals surface area contributed by atoms with E-state index in [0.717, 1.165) is 26.2 Å². The Morgan fingerprint density at radius 2 is 2.17 bits per heavy atom. The van der Waals surface area contributed by atoms with Crippen molar-refractivity contribution < 1.29 is 4.74 Å². The summed E-state index contributed by atoms with van der Waals surface area (Å²) in [5.41, 5.74) is 2.61. The van der Waals surface area contributed by atoms with E-state index in [2.05, 4.69) is 34.5 Å². The molecule has 0 radical (unpaired) electrons. The smallest absolute Gasteiger partial charge is 0.0749 e. The zero-order valence-electron chi connectivity index (χ0n) is 10.9. The van der Waals surface area contributed by atoms with Gasteiger partial charge in [0, 0.05) is 26.2 Å². The van der Waals surface area contributed by atoms with Crippen molar-refractivity contribution in [1.29, 1.82) is 0 Å². The maximum atomic E-state index is 5.87. The lowest BCUT2D eigenvalue weighted by Gasteiger charge is -2.31. The summed E-state index contributed by atoms with van der Waals surface area (Å²) in [4.78, 5) is 2.49. The summed E-state index contributed by atoms with van der Waals surface area (Å²) in [6.07, 6.45) is 5.38. The Labute approximate surface area is 109 Å². The fourth-order valence-corrected chi connectivity index (χ4v) is 2.90. The maximum Gasteiger partial charge on any atom is 0.0749 e. The molecule has 0 aliphatic carbocycles. The molecule has 2 heterocycles. The molecule has 1 saturated heterocycles. The Bertz CT molecular complexity index is 388. The molecule has 1 N–H and O–H groups in total. The molecule has 1 aromatic rings. The fourth-order valence-electron chi connectivity index (χ4n) is 2.90. The molecular formula is C15H22N2O. The number of nitrogens with one attached hydrogen (secondary N) is 1. The van der Waals surface area contributed by atoms with Crippen LogP contribution in [0.1, 0.15) is 25.7 Å². The van der Waals surface area contributed by atoms with Gasteiger partial charge in [0.15, 0.2) is 0 Å². The second-order valence-electron chi connectivity index (χ2n) is 5.23. The Hall–Kier alpha value is -1.22. The Morgan fingerprint density at radius 3 is 3.06 bits per heavy atom. The van der Waals surface area contributed by atoms with Gasteiger partial charge in [-0.2, -0.15) is 0 Å². The van der Waals surface area contributed by atoms with Crippen molar-refractivity contribution in [3.05, 3.63) is 24.3 Å². The van der Waals surface area contributed by atoms with E-state index in [1.165, 1.54) is 37.1 Å². The number of anilines is 2. The van der Waals surface area contributed by atoms with E-state index in [9.17, 15) is 0 Å². The summed E-state index contributed by atoms with van der Waals surface area (Å²) in [6.45, 7) is 4.18. The maximum absolute atomic E-state index is 5.87. The first-order valence-corrected chi connectivity index (χ1v) is 7.13. The number of benzene rings is 1. The molecule has 0 spiro atoms. The van der Waals surface area contributed by atoms with Crippen LogP contribution in [0.5, 0.6) is 0 Å². The van der Waals surface area contributed by atoms with Gasteiger partial charge in [0.2, 0.25) is 0 Å². The topological polar surface area (TPSA) is 24.5 Å². The van der Waals surface area contributed by atoms with Crippen molar-refractivity contribution in [3.63, 3.8) is 0 Å². The van der Waals surface area contributed by atoms with Gasteiger partial charge in [0.1, 0.15) is 0 Å². The Balaban J connectivity index is 1.74. The summed E-state index contributed by atoms with van der Waals surface area (Å²) >= 11 is 0. The molecule has 1 aromatic carbocycles. The zero-order chi connectivity index (χ0) is 12.2. The van der Waals surface area contributed by atoms with Gasteiger partial charge < -0.3 is 15.0 Å². The highest BCUT2D eigenvalue weighted by Gasteiger charge is 2.20. The van der Waals surface area contributed by atoms with E-state index in [0.29, 0.717) is 6.10 Å². The van der Waals surface area contributed by atoms with Gasteiger partial charge in [-0.05, 0) is 37.8 Å². The number of hydrogen-bond donors (Lipinski definition) is 1. The first-order chi connectivity index (χ1) is 8.93. The van der Waals surface area contributed by atoms with Crippen molar-refractivity contribution in [1.82, 2.24) is 0 Å². The molecule has 1 unspecified atom stereocenters. The first kappa shape index (κ1) is 11.8. The van der Waals surface area contributed by atoms with Crippen LogP contribution in [-0.4, -0.2) is 32.3 Å². The second kappa shape index (κ2) is 5.61. The van der Waals surface area contributed by atoms with Crippen LogP contribution in [-0.2, 0) is 4.74 Å². The first-order valence-electron chi connectivity index (χ1n) is 7.13. The van der Waals surface area contributed by atoms with E-state index >= 15 is 0 Å². The normalized spacial score (nSPS) is 24.0. The Kier molecular flexibility index (Phi) is 3.69. The van der Waals surface area contributed by atoms with E-state index in [-0.39, 0.29) is 0 Å². The van der Waals surface area contributed by atoms with E-state index in [1.807, 2.05) is 0 Å². The molecule has 3 rings (SSSR count). The van der Waals surface area contributed by atoms with Crippen LogP contribution >= 0.6 is 0 Å². The molecule has 1 fully saturated rings. The van der Waals surface area contributed by atoms with Crippen molar-refractivity contribution in [3.8, 4) is 0 Å². The van der Waals surface area contributed by atoms with Crippen LogP contribution in [0.4, 0.5) is 11.4 Å². The standard InChI is InChI=1S/C15H22N2O/c1-2-8-15-14(7-1)16-9-5-10-17(15)12-13-6-3-4-11-18-13/h1-2,7-8,13,16H,3-6,9-12H2. The zero-order valence-corrected chi connectivity index (χ0v) is 10.9. The highest BCUT2D eigenvalue weighted by atomic mass is 16.5. The van der Waals surface area contributed by atoms with Gasteiger partial charge in [-0.3, -0.25) is 0 Å². The molecule has 0 aromatic heterocycles. The number of rotatable bonds is 2. The molecule has 2 aliphatic heterocycles. The summed E-state index contributed by atoms with van der Waals surface area (Å²) in [6, 6.07) is 8.62. The quantitative estimate of drug-likeness (QED) is 0.868. The van der Waals surface area contributed by atoms with Crippen molar-refractivity contribution >= 4 is 11.4 Å². The molecule has 2 aliphatic rings. The van der Waals surface area contributed by atoms with E-state index < -0.39 is 0 Å². The van der Waals surface area contributed by atoms with Crippen molar-refractivity contribution in [2.24, 2.45) is 0 Å². The molecule has 3 heteroatoms. The van der Waals surface area contributed by atoms with Crippen LogP contribution in [0.2, 0.25) is 0 Å². The number of para-hydroxylation sites is 2. The van der Waals surface area contributed by atoms with Crippen LogP contribution < -0.4 is 10.2 Å². The van der Waals surface area contributed by atoms with Crippen molar-refractivity contribution in [2.75, 3.05) is 36.5 Å². The van der Waals surface area contributed by atoms with Gasteiger partial charge in [0.25, 0.3) is 0 Å². The lowest BCUT2D eigenvalue weighted by atomic mass is 10.1. The van der Waals surface area contributed by atoms with Gasteiger partial charge in [0.05, 0.1) is 17.5 Å². The van der Waals surface area contributed by atoms with Gasteiger partial charge in [-0.15, -0.1) is 0 Å². The second-order valence-corrected chi connectivity index (χ2v) is 5.23. The monoisotopic (exact) mass is 246 g/mol. The predicted molar refractivity (Wildman–Crippen MR) is 75.4 cm³/mol. The van der Waals surface area contributed by atoms with Crippen LogP contribution in [0.3, 0.4) is 0 Å². The summed E-state index contributed by atoms with van der Waals surface area (Å²) in [5, 5.41) is 3.51. The lowest BCUT2D eigenvalue weighted by Crippen LogP contribution is -2.36. The van der Waals surface area contributed by atoms with E-state index in [4.69, 9.17) is 4.74 Å². The lowest BCUT2D eigenvalue weighted by molar-refractivity contribution is 0.0210. The SMILES string of the molecule is c1ccc2c(c1)NCCCN2CC1CCCCO1. The summed E-state index contributed by atoms with van der Waals surface area (Å²) in [7, 11) is 0. The minimum absolute atomic E-state index is 0.421. The Morgan fingerprint density at radius 1 is 1.22 bits per heavy atom. The third-order valence-electron chi connectivity index (χ3n) is 3.86. The average molecular weight is 246 g/mol. The average Bonchev–Trinajstić information content (AvgIpc) is 2.63. The molecule has 1 atom stereocenters. The van der Waals surface area contributed by atoms with Crippen LogP contribution in [0, 0.1) is 0 Å². The molecule has 98 valence electrons. The summed E-state index contributed by atoms with van der Waals surface area (Å²) in [5.74, 6) is 0. The fraction of sp³-hybridized carbons (Fsp3) is 0.600. The number of hydrogen-bond acceptors (Lipinski definition) is 3. The third-order valence-corrected chi connectivity index (χ3v) is 3.86. The number of fused-ring (bicyclic) bond motifs is 1. The highest BCUT2D eigenvalue weighted by Crippen LogP contribution is 2.29. The summed E-state index contributed by atoms with van der Waals surface area (Å²) < 4.78 is 5.87. The number of nitrogens with zero attached hydrogens (tertiary/aromatic N) is 1. The minimum Gasteiger partial charge on any atom is -0.383 e. The van der Waals surface area contributed by atoms with Crippen LogP contribution in [0.15, 0.2) is 24.3 Å². The van der Waals surface area contributed by atoms with Gasteiger partial charge in [-0.1, -0.05) is 12.1 Å². The number of ether oxygens (including phenoxy) is 1. The highest BCUT2D eigenvalue weighted by molar-refractivity contribution is 5.70. The largest absolute Gasteiger partial charge is 0.383 e. The van der Waals surface area contributed by atoms with Crippen molar-refractivity contribution in [2.45, 2.75) is 31.8 Å². The molecule has 0 bridgehead atoms. The molecule has 3 nitrogen and oxygen atoms in total. The molecule has 18 heavy (non-hydrogen) atoms. The molecular weight excluding hydrogens is 224 g/mol. The molecule has 0 amide bonds. The predicted octanol–water partition coefficient (Wildman–Crippen LogP) is 2.88. The van der Waals surface area contributed by atoms with E-state index in [1.54, 1.807) is 0 Å². The third kappa shape index (κ3) is 2.61. The molecule has 0 saturated carbocycles. The van der Waals surface area contributed by atoms with Gasteiger partial charge >= 0.3 is 0 Å². The minimum atomic E-state index is 0.421. The van der Waals surface area contributed by atoms with Crippen LogP contribution in [0.25, 0.3) is 0 Å².